The van der Waals surface area contributed by atoms with Gasteiger partial charge in [0.25, 0.3) is 5.91 Å². The maximum atomic E-state index is 11.6. The number of carbonyl (C=O) groups excluding carboxylic acids is 1. The van der Waals surface area contributed by atoms with Crippen molar-refractivity contribution in [2.45, 2.75) is 31.8 Å². The lowest BCUT2D eigenvalue weighted by atomic mass is 9.96. The average Bonchev–Trinajstić information content (AvgIpc) is 3.00. The van der Waals surface area contributed by atoms with Crippen LogP contribution < -0.4 is 5.73 Å². The van der Waals surface area contributed by atoms with Gasteiger partial charge in [0.2, 0.25) is 0 Å². The van der Waals surface area contributed by atoms with Crippen LogP contribution in [0, 0.1) is 0 Å². The first kappa shape index (κ1) is 15.0. The Balaban J connectivity index is 1.87. The number of nitrogens with one attached hydrogen (secondary N) is 1. The van der Waals surface area contributed by atoms with E-state index in [1.54, 1.807) is 12.4 Å². The van der Waals surface area contributed by atoms with Gasteiger partial charge in [-0.1, -0.05) is 18.0 Å². The highest BCUT2D eigenvalue weighted by atomic mass is 35.5. The van der Waals surface area contributed by atoms with Gasteiger partial charge in [-0.3, -0.25) is 19.8 Å². The molecule has 1 fully saturated rings. The Morgan fingerprint density at radius 1 is 1.45 bits per heavy atom. The summed E-state index contributed by atoms with van der Waals surface area (Å²) < 4.78 is 0. The second-order valence-electron chi connectivity index (χ2n) is 5.51. The number of carbonyl (C=O) groups is 1. The summed E-state index contributed by atoms with van der Waals surface area (Å²) in [4.78, 5) is 17.9. The highest BCUT2D eigenvalue weighted by Gasteiger charge is 2.28. The van der Waals surface area contributed by atoms with Crippen molar-refractivity contribution >= 4 is 17.5 Å². The average molecular weight is 320 g/mol. The molecule has 3 heterocycles. The van der Waals surface area contributed by atoms with Crippen LogP contribution in [0.3, 0.4) is 0 Å². The van der Waals surface area contributed by atoms with Crippen LogP contribution in [0.25, 0.3) is 0 Å². The molecule has 22 heavy (non-hydrogen) atoms. The zero-order chi connectivity index (χ0) is 15.5. The van der Waals surface area contributed by atoms with Gasteiger partial charge in [-0.25, -0.2) is 0 Å². The third-order valence-corrected chi connectivity index (χ3v) is 4.45. The third-order valence-electron chi connectivity index (χ3n) is 4.11. The minimum Gasteiger partial charge on any atom is -0.365 e. The predicted octanol–water partition coefficient (Wildman–Crippen LogP) is 2.28. The van der Waals surface area contributed by atoms with Crippen LogP contribution in [0.1, 0.15) is 46.9 Å². The zero-order valence-corrected chi connectivity index (χ0v) is 12.9. The fraction of sp³-hybridized carbons (Fsp3) is 0.400. The molecule has 0 aliphatic carbocycles. The van der Waals surface area contributed by atoms with Crippen LogP contribution in [-0.2, 0) is 6.54 Å². The zero-order valence-electron chi connectivity index (χ0n) is 12.1. The number of H-pyrrole nitrogens is 1. The molecule has 3 rings (SSSR count). The Hall–Kier alpha value is -1.92. The first-order valence-corrected chi connectivity index (χ1v) is 7.70. The molecule has 1 aliphatic rings. The predicted molar refractivity (Wildman–Crippen MR) is 83.4 cm³/mol. The smallest absolute Gasteiger partial charge is 0.252 e. The Morgan fingerprint density at radius 2 is 2.32 bits per heavy atom. The summed E-state index contributed by atoms with van der Waals surface area (Å²) in [6, 6.07) is 2.03. The quantitative estimate of drug-likeness (QED) is 0.905. The van der Waals surface area contributed by atoms with E-state index in [0.717, 1.165) is 37.1 Å². The normalized spacial score (nSPS) is 19.2. The maximum Gasteiger partial charge on any atom is 0.252 e. The lowest BCUT2D eigenvalue weighted by Gasteiger charge is -2.35. The van der Waals surface area contributed by atoms with Crippen LogP contribution >= 0.6 is 11.6 Å². The summed E-state index contributed by atoms with van der Waals surface area (Å²) >= 11 is 6.21. The fourth-order valence-corrected chi connectivity index (χ4v) is 3.18. The van der Waals surface area contributed by atoms with Crippen LogP contribution in [0.2, 0.25) is 5.02 Å². The Bertz CT molecular complexity index is 671. The first-order valence-electron chi connectivity index (χ1n) is 7.32. The van der Waals surface area contributed by atoms with Crippen molar-refractivity contribution in [2.24, 2.45) is 5.73 Å². The molecular weight excluding hydrogens is 302 g/mol. The number of piperidine rings is 1. The molecule has 3 N–H and O–H groups in total. The number of hydrogen-bond acceptors (Lipinski definition) is 4. The van der Waals surface area contributed by atoms with Gasteiger partial charge in [0, 0.05) is 18.9 Å². The number of hydrogen-bond donors (Lipinski definition) is 2. The lowest BCUT2D eigenvalue weighted by Crippen LogP contribution is -2.34. The van der Waals surface area contributed by atoms with Gasteiger partial charge < -0.3 is 5.73 Å². The molecular formula is C15H18ClN5O. The van der Waals surface area contributed by atoms with E-state index < -0.39 is 5.91 Å². The number of likely N-dealkylation sites (tertiary alicyclic amines) is 1. The summed E-state index contributed by atoms with van der Waals surface area (Å²) in [5.74, 6) is -0.448. The number of halogens is 1. The van der Waals surface area contributed by atoms with Gasteiger partial charge in [0.1, 0.15) is 0 Å². The van der Waals surface area contributed by atoms with Crippen LogP contribution in [-0.4, -0.2) is 32.5 Å². The molecule has 1 aliphatic heterocycles. The number of nitrogens with zero attached hydrogens (tertiary/aromatic N) is 3. The van der Waals surface area contributed by atoms with E-state index in [9.17, 15) is 4.79 Å². The van der Waals surface area contributed by atoms with E-state index in [1.165, 1.54) is 6.20 Å². The van der Waals surface area contributed by atoms with Crippen LogP contribution in [0.5, 0.6) is 0 Å². The maximum absolute atomic E-state index is 11.6. The molecule has 0 radical (unpaired) electrons. The minimum absolute atomic E-state index is 0.1000. The second kappa shape index (κ2) is 6.46. The third kappa shape index (κ3) is 2.98. The molecule has 2 aromatic heterocycles. The number of nitrogens with two attached hydrogens (primary N) is 1. The Kier molecular flexibility index (Phi) is 4.40. The molecule has 0 bridgehead atoms. The van der Waals surface area contributed by atoms with Gasteiger partial charge in [-0.15, -0.1) is 0 Å². The van der Waals surface area contributed by atoms with Gasteiger partial charge in [-0.05, 0) is 31.0 Å². The number of rotatable bonds is 4. The highest BCUT2D eigenvalue weighted by molar-refractivity contribution is 6.31. The van der Waals surface area contributed by atoms with Crippen LogP contribution in [0.15, 0.2) is 24.7 Å². The minimum atomic E-state index is -0.448. The van der Waals surface area contributed by atoms with Crippen molar-refractivity contribution in [3.05, 3.63) is 46.5 Å². The summed E-state index contributed by atoms with van der Waals surface area (Å²) in [7, 11) is 0. The first-order chi connectivity index (χ1) is 10.7. The Labute approximate surface area is 133 Å². The van der Waals surface area contributed by atoms with Crippen molar-refractivity contribution in [3.63, 3.8) is 0 Å². The van der Waals surface area contributed by atoms with Crippen molar-refractivity contribution in [1.29, 1.82) is 0 Å². The Morgan fingerprint density at radius 3 is 3.09 bits per heavy atom. The van der Waals surface area contributed by atoms with E-state index in [1.807, 2.05) is 6.07 Å². The molecule has 2 aromatic rings. The number of amides is 1. The molecule has 1 atom stereocenters. The monoisotopic (exact) mass is 319 g/mol. The number of aromatic amines is 1. The van der Waals surface area contributed by atoms with Gasteiger partial charge in [0.05, 0.1) is 28.5 Å². The summed E-state index contributed by atoms with van der Waals surface area (Å²) in [5, 5.41) is 7.60. The topological polar surface area (TPSA) is 87.9 Å². The van der Waals surface area contributed by atoms with E-state index in [4.69, 9.17) is 17.3 Å². The van der Waals surface area contributed by atoms with E-state index in [0.29, 0.717) is 17.1 Å². The summed E-state index contributed by atoms with van der Waals surface area (Å²) in [6.45, 7) is 1.66. The van der Waals surface area contributed by atoms with Gasteiger partial charge in [0.15, 0.2) is 0 Å². The van der Waals surface area contributed by atoms with Crippen molar-refractivity contribution < 1.29 is 4.79 Å². The van der Waals surface area contributed by atoms with Gasteiger partial charge in [-0.2, -0.15) is 5.10 Å². The van der Waals surface area contributed by atoms with Crippen LogP contribution in [0.4, 0.5) is 0 Å². The van der Waals surface area contributed by atoms with Crippen molar-refractivity contribution in [3.8, 4) is 0 Å². The second-order valence-corrected chi connectivity index (χ2v) is 5.92. The molecule has 1 unspecified atom stereocenters. The number of primary amides is 1. The van der Waals surface area contributed by atoms with Crippen molar-refractivity contribution in [1.82, 2.24) is 20.1 Å². The standard InChI is InChI=1S/C15H18ClN5O/c16-12-8-18-5-4-10(12)9-21-6-2-1-3-13(21)14-11(15(17)22)7-19-20-14/h4-5,7-8,13H,1-3,6,9H2,(H2,17,22)(H,19,20). The van der Waals surface area contributed by atoms with E-state index in [-0.39, 0.29) is 6.04 Å². The lowest BCUT2D eigenvalue weighted by molar-refractivity contribution is 0.0990. The molecule has 1 saturated heterocycles. The number of aromatic nitrogens is 3. The molecule has 7 heteroatoms. The summed E-state index contributed by atoms with van der Waals surface area (Å²) in [5.41, 5.74) is 7.75. The SMILES string of the molecule is NC(=O)c1cn[nH]c1C1CCCCN1Cc1ccncc1Cl. The molecule has 0 spiro atoms. The molecule has 0 aromatic carbocycles. The summed E-state index contributed by atoms with van der Waals surface area (Å²) in [6.07, 6.45) is 8.10. The fourth-order valence-electron chi connectivity index (χ4n) is 3.00. The molecule has 1 amide bonds. The molecule has 0 saturated carbocycles. The number of pyridine rings is 1. The highest BCUT2D eigenvalue weighted by Crippen LogP contribution is 2.33. The van der Waals surface area contributed by atoms with E-state index in [2.05, 4.69) is 20.1 Å². The van der Waals surface area contributed by atoms with E-state index >= 15 is 0 Å². The molecule has 6 nitrogen and oxygen atoms in total. The largest absolute Gasteiger partial charge is 0.365 e. The molecule has 116 valence electrons. The van der Waals surface area contributed by atoms with Crippen molar-refractivity contribution in [2.75, 3.05) is 6.54 Å². The van der Waals surface area contributed by atoms with Gasteiger partial charge >= 0.3 is 0 Å².